The van der Waals surface area contributed by atoms with Gasteiger partial charge < -0.3 is 4.74 Å². The van der Waals surface area contributed by atoms with Crippen molar-refractivity contribution < 1.29 is 4.74 Å². The van der Waals surface area contributed by atoms with E-state index in [4.69, 9.17) is 33.2 Å². The van der Waals surface area contributed by atoms with Crippen LogP contribution in [0.2, 0.25) is 5.02 Å². The van der Waals surface area contributed by atoms with Crippen LogP contribution in [0.25, 0.3) is 10.9 Å². The largest absolute Gasteiger partial charge is 0.496 e. The zero-order chi connectivity index (χ0) is 13.8. The van der Waals surface area contributed by atoms with E-state index in [1.54, 1.807) is 7.11 Å². The van der Waals surface area contributed by atoms with Crippen molar-refractivity contribution in [2.24, 2.45) is 0 Å². The number of nitriles is 1. The second-order valence-corrected chi connectivity index (χ2v) is 4.83. The number of ether oxygens (including phenoxy) is 1. The number of hydrogen-bond donors (Lipinski definition) is 0. The molecule has 0 aliphatic rings. The maximum Gasteiger partial charge on any atom is 0.122 e. The molecule has 0 saturated heterocycles. The van der Waals surface area contributed by atoms with Gasteiger partial charge in [0.1, 0.15) is 11.8 Å². The average Bonchev–Trinajstić information content (AvgIpc) is 2.44. The molecule has 0 unspecified atom stereocenters. The van der Waals surface area contributed by atoms with E-state index in [0.717, 1.165) is 35.1 Å². The molecule has 5 heteroatoms. The predicted octanol–water partition coefficient (Wildman–Crippen LogP) is 3.94. The van der Waals surface area contributed by atoms with Crippen LogP contribution in [0.4, 0.5) is 0 Å². The van der Waals surface area contributed by atoms with E-state index in [1.165, 1.54) is 6.20 Å². The average molecular weight is 295 g/mol. The van der Waals surface area contributed by atoms with Crippen LogP contribution in [0.5, 0.6) is 5.75 Å². The first-order chi connectivity index (χ1) is 9.21. The third-order valence-corrected chi connectivity index (χ3v) is 3.58. The maximum atomic E-state index is 8.95. The van der Waals surface area contributed by atoms with E-state index < -0.39 is 0 Å². The van der Waals surface area contributed by atoms with Crippen molar-refractivity contribution in [1.29, 1.82) is 5.26 Å². The monoisotopic (exact) mass is 294 g/mol. The Kier molecular flexibility index (Phi) is 4.47. The normalized spacial score (nSPS) is 10.4. The second-order valence-electron chi connectivity index (χ2n) is 4.07. The van der Waals surface area contributed by atoms with Crippen LogP contribution in [-0.4, -0.2) is 18.0 Å². The van der Waals surface area contributed by atoms with Crippen LogP contribution in [0, 0.1) is 11.3 Å². The molecule has 1 aromatic heterocycles. The minimum atomic E-state index is 0.365. The Labute approximate surface area is 121 Å². The lowest BCUT2D eigenvalue weighted by atomic mass is 10.0. The van der Waals surface area contributed by atoms with E-state index >= 15 is 0 Å². The first-order valence-electron chi connectivity index (χ1n) is 5.82. The van der Waals surface area contributed by atoms with Gasteiger partial charge in [-0.1, -0.05) is 11.6 Å². The van der Waals surface area contributed by atoms with Crippen molar-refractivity contribution in [3.8, 4) is 11.8 Å². The molecule has 1 aromatic carbocycles. The summed E-state index contributed by atoms with van der Waals surface area (Å²) in [6.07, 6.45) is 3.18. The third kappa shape index (κ3) is 2.75. The lowest BCUT2D eigenvalue weighted by Gasteiger charge is -2.10. The highest BCUT2D eigenvalue weighted by molar-refractivity contribution is 6.36. The fourth-order valence-electron chi connectivity index (χ4n) is 1.95. The summed E-state index contributed by atoms with van der Waals surface area (Å²) >= 11 is 11.9. The fraction of sp³-hybridized carbons (Fsp3) is 0.286. The number of fused-ring (bicyclic) bond motifs is 1. The Morgan fingerprint density at radius 3 is 2.84 bits per heavy atom. The van der Waals surface area contributed by atoms with Gasteiger partial charge >= 0.3 is 0 Å². The van der Waals surface area contributed by atoms with Crippen molar-refractivity contribution in [2.45, 2.75) is 12.8 Å². The van der Waals surface area contributed by atoms with Crippen LogP contribution in [0.15, 0.2) is 18.3 Å². The summed E-state index contributed by atoms with van der Waals surface area (Å²) in [6.45, 7) is 0. The van der Waals surface area contributed by atoms with E-state index in [1.807, 2.05) is 18.2 Å². The van der Waals surface area contributed by atoms with Crippen LogP contribution in [-0.2, 0) is 6.42 Å². The van der Waals surface area contributed by atoms with Crippen LogP contribution in [0.1, 0.15) is 17.5 Å². The molecule has 19 heavy (non-hydrogen) atoms. The Morgan fingerprint density at radius 1 is 1.42 bits per heavy atom. The highest BCUT2D eigenvalue weighted by Crippen LogP contribution is 2.31. The molecular formula is C14H12Cl2N2O. The zero-order valence-electron chi connectivity index (χ0n) is 10.4. The number of alkyl halides is 1. The number of halogens is 2. The van der Waals surface area contributed by atoms with E-state index in [9.17, 15) is 0 Å². The number of rotatable bonds is 4. The van der Waals surface area contributed by atoms with Gasteiger partial charge in [0.05, 0.1) is 23.2 Å². The number of methoxy groups -OCH3 is 1. The van der Waals surface area contributed by atoms with Gasteiger partial charge in [-0.3, -0.25) is 4.98 Å². The van der Waals surface area contributed by atoms with E-state index in [-0.39, 0.29) is 0 Å². The van der Waals surface area contributed by atoms with Gasteiger partial charge in [0.25, 0.3) is 0 Å². The summed E-state index contributed by atoms with van der Waals surface area (Å²) in [5, 5.41) is 10.1. The molecule has 0 aliphatic heterocycles. The van der Waals surface area contributed by atoms with E-state index in [0.29, 0.717) is 16.5 Å². The maximum absolute atomic E-state index is 8.95. The molecule has 0 bridgehead atoms. The van der Waals surface area contributed by atoms with Gasteiger partial charge in [-0.2, -0.15) is 5.26 Å². The van der Waals surface area contributed by atoms with Gasteiger partial charge in [0.15, 0.2) is 0 Å². The first kappa shape index (κ1) is 13.9. The smallest absolute Gasteiger partial charge is 0.122 e. The van der Waals surface area contributed by atoms with Crippen molar-refractivity contribution in [1.82, 2.24) is 4.98 Å². The molecular weight excluding hydrogens is 283 g/mol. The predicted molar refractivity (Wildman–Crippen MR) is 77.1 cm³/mol. The van der Waals surface area contributed by atoms with Gasteiger partial charge in [-0.15, -0.1) is 11.6 Å². The first-order valence-corrected chi connectivity index (χ1v) is 6.73. The number of aryl methyl sites for hydroxylation is 1. The number of pyridine rings is 1. The highest BCUT2D eigenvalue weighted by Gasteiger charge is 2.11. The summed E-state index contributed by atoms with van der Waals surface area (Å²) in [7, 11) is 1.61. The molecule has 0 atom stereocenters. The molecule has 0 saturated carbocycles. The molecule has 2 rings (SSSR count). The minimum Gasteiger partial charge on any atom is -0.496 e. The fourth-order valence-corrected chi connectivity index (χ4v) is 2.33. The second kappa shape index (κ2) is 6.10. The van der Waals surface area contributed by atoms with Crippen molar-refractivity contribution >= 4 is 34.1 Å². The van der Waals surface area contributed by atoms with E-state index in [2.05, 4.69) is 4.98 Å². The molecule has 1 heterocycles. The van der Waals surface area contributed by atoms with Crippen molar-refractivity contribution in [3.05, 3.63) is 34.5 Å². The topological polar surface area (TPSA) is 45.9 Å². The Morgan fingerprint density at radius 2 is 2.21 bits per heavy atom. The number of aromatic nitrogens is 1. The van der Waals surface area contributed by atoms with Gasteiger partial charge in [-0.25, -0.2) is 0 Å². The molecule has 0 fully saturated rings. The summed E-state index contributed by atoms with van der Waals surface area (Å²) < 4.78 is 5.37. The Hall–Kier alpha value is -1.50. The molecule has 0 spiro atoms. The van der Waals surface area contributed by atoms with Crippen LogP contribution in [0.3, 0.4) is 0 Å². The third-order valence-electron chi connectivity index (χ3n) is 2.90. The molecule has 3 nitrogen and oxygen atoms in total. The van der Waals surface area contributed by atoms with Gasteiger partial charge in [0.2, 0.25) is 0 Å². The molecule has 98 valence electrons. The SMILES string of the molecule is COc1cc2c(Cl)c(C#N)cnc2cc1CCCCl. The number of nitrogens with zero attached hydrogens (tertiary/aromatic N) is 2. The summed E-state index contributed by atoms with van der Waals surface area (Å²) in [6, 6.07) is 5.79. The van der Waals surface area contributed by atoms with Crippen LogP contribution < -0.4 is 4.74 Å². The highest BCUT2D eigenvalue weighted by atomic mass is 35.5. The van der Waals surface area contributed by atoms with Gasteiger partial charge in [-0.05, 0) is 30.5 Å². The van der Waals surface area contributed by atoms with Crippen molar-refractivity contribution in [2.75, 3.05) is 13.0 Å². The number of hydrogen-bond acceptors (Lipinski definition) is 3. The molecule has 0 aliphatic carbocycles. The summed E-state index contributed by atoms with van der Waals surface area (Å²) in [4.78, 5) is 4.26. The van der Waals surface area contributed by atoms with Crippen LogP contribution >= 0.6 is 23.2 Å². The lowest BCUT2D eigenvalue weighted by molar-refractivity contribution is 0.410. The summed E-state index contributed by atoms with van der Waals surface area (Å²) in [5.41, 5.74) is 2.17. The molecule has 0 N–H and O–H groups in total. The Balaban J connectivity index is 2.60. The molecule has 2 aromatic rings. The molecule has 0 radical (unpaired) electrons. The van der Waals surface area contributed by atoms with Gasteiger partial charge in [0, 0.05) is 17.5 Å². The lowest BCUT2D eigenvalue weighted by Crippen LogP contribution is -1.95. The summed E-state index contributed by atoms with van der Waals surface area (Å²) in [5.74, 6) is 1.35. The van der Waals surface area contributed by atoms with Crippen molar-refractivity contribution in [3.63, 3.8) is 0 Å². The quantitative estimate of drug-likeness (QED) is 0.803. The zero-order valence-corrected chi connectivity index (χ0v) is 11.9. The number of benzene rings is 1. The molecule has 0 amide bonds. The minimum absolute atomic E-state index is 0.365. The standard InChI is InChI=1S/C14H12Cl2N2O/c1-19-13-6-11-12(5-9(13)3-2-4-15)18-8-10(7-17)14(11)16/h5-6,8H,2-4H2,1H3. The Bertz CT molecular complexity index is 650.